The molecule has 3 rings (SSSR count). The van der Waals surface area contributed by atoms with Gasteiger partial charge in [0.2, 0.25) is 0 Å². The van der Waals surface area contributed by atoms with E-state index in [9.17, 15) is 0 Å². The molecule has 1 aromatic heterocycles. The Hall–Kier alpha value is -1.86. The van der Waals surface area contributed by atoms with Crippen LogP contribution in [0.2, 0.25) is 0 Å². The highest BCUT2D eigenvalue weighted by atomic mass is 16.5. The summed E-state index contributed by atoms with van der Waals surface area (Å²) in [4.78, 5) is 9.12. The normalized spacial score (nSPS) is 24.5. The van der Waals surface area contributed by atoms with E-state index in [2.05, 4.69) is 19.9 Å². The summed E-state index contributed by atoms with van der Waals surface area (Å²) in [6.07, 6.45) is 2.84. The Bertz CT molecular complexity index is 516. The van der Waals surface area contributed by atoms with Gasteiger partial charge in [-0.15, -0.1) is 0 Å². The maximum absolute atomic E-state index is 8.91. The summed E-state index contributed by atoms with van der Waals surface area (Å²) in [5.74, 6) is 0.900. The maximum Gasteiger partial charge on any atom is 0.173 e. The molecular weight excluding hydrogens is 270 g/mol. The minimum atomic E-state index is 0.105. The van der Waals surface area contributed by atoms with Crippen LogP contribution < -0.4 is 10.6 Å². The van der Waals surface area contributed by atoms with E-state index in [-0.39, 0.29) is 5.84 Å². The fourth-order valence-corrected chi connectivity index (χ4v) is 3.08. The monoisotopic (exact) mass is 291 g/mol. The summed E-state index contributed by atoms with van der Waals surface area (Å²) in [5, 5.41) is 12.0. The summed E-state index contributed by atoms with van der Waals surface area (Å²) in [6, 6.07) is 4.15. The van der Waals surface area contributed by atoms with Crippen molar-refractivity contribution in [1.29, 1.82) is 0 Å². The molecular formula is C14H21N5O2. The van der Waals surface area contributed by atoms with Crippen LogP contribution in [0.15, 0.2) is 23.5 Å². The van der Waals surface area contributed by atoms with Crippen molar-refractivity contribution in [3.8, 4) is 0 Å². The molecule has 1 aromatic rings. The molecule has 7 nitrogen and oxygen atoms in total. The van der Waals surface area contributed by atoms with Crippen LogP contribution in [0, 0.1) is 0 Å². The van der Waals surface area contributed by atoms with E-state index >= 15 is 0 Å². The average Bonchev–Trinajstić information content (AvgIpc) is 3.05. The third-order valence-electron chi connectivity index (χ3n) is 4.20. The van der Waals surface area contributed by atoms with Crippen LogP contribution in [-0.4, -0.2) is 66.4 Å². The van der Waals surface area contributed by atoms with Gasteiger partial charge in [-0.25, -0.2) is 4.98 Å². The number of oxime groups is 1. The fourth-order valence-electron chi connectivity index (χ4n) is 3.08. The first-order valence-corrected chi connectivity index (χ1v) is 7.29. The molecule has 0 spiro atoms. The quantitative estimate of drug-likeness (QED) is 0.355. The molecule has 21 heavy (non-hydrogen) atoms. The molecule has 1 atom stereocenters. The van der Waals surface area contributed by atoms with Crippen LogP contribution in [0.25, 0.3) is 0 Å². The van der Waals surface area contributed by atoms with Gasteiger partial charge in [-0.2, -0.15) is 0 Å². The number of anilines is 1. The Morgan fingerprint density at radius 1 is 1.38 bits per heavy atom. The Morgan fingerprint density at radius 3 is 2.95 bits per heavy atom. The second kappa shape index (κ2) is 6.28. The van der Waals surface area contributed by atoms with Crippen molar-refractivity contribution in [2.45, 2.75) is 12.5 Å². The number of hydrogen-bond acceptors (Lipinski definition) is 6. The topological polar surface area (TPSA) is 87.2 Å². The Kier molecular flexibility index (Phi) is 4.21. The van der Waals surface area contributed by atoms with Crippen molar-refractivity contribution < 1.29 is 9.94 Å². The Balaban J connectivity index is 1.74. The minimum absolute atomic E-state index is 0.105. The standard InChI is InChI=1S/C14H21N5O2/c15-13(17-20)12-2-1-4-16-14(12)19-5-3-11(10-19)18-6-8-21-9-7-18/h1-2,4,11,20H,3,5-10H2,(H2,15,17). The highest BCUT2D eigenvalue weighted by Gasteiger charge is 2.30. The molecule has 1 unspecified atom stereocenters. The van der Waals surface area contributed by atoms with Gasteiger partial charge in [-0.05, 0) is 18.6 Å². The van der Waals surface area contributed by atoms with Gasteiger partial charge in [0.1, 0.15) is 5.82 Å². The molecule has 0 aliphatic carbocycles. The van der Waals surface area contributed by atoms with Crippen LogP contribution in [0.1, 0.15) is 12.0 Å². The summed E-state index contributed by atoms with van der Waals surface area (Å²) in [7, 11) is 0. The Labute approximate surface area is 124 Å². The predicted octanol–water partition coefficient (Wildman–Crippen LogP) is 0.0870. The number of amidine groups is 1. The first-order chi connectivity index (χ1) is 10.3. The van der Waals surface area contributed by atoms with Crippen molar-refractivity contribution >= 4 is 11.7 Å². The number of hydrogen-bond donors (Lipinski definition) is 2. The van der Waals surface area contributed by atoms with Gasteiger partial charge in [0.25, 0.3) is 0 Å². The van der Waals surface area contributed by atoms with Crippen LogP contribution in [-0.2, 0) is 4.74 Å². The lowest BCUT2D eigenvalue weighted by Gasteiger charge is -2.32. The van der Waals surface area contributed by atoms with Crippen molar-refractivity contribution in [2.24, 2.45) is 10.9 Å². The molecule has 0 bridgehead atoms. The van der Waals surface area contributed by atoms with Crippen molar-refractivity contribution in [3.63, 3.8) is 0 Å². The fraction of sp³-hybridized carbons (Fsp3) is 0.571. The summed E-state index contributed by atoms with van der Waals surface area (Å²) in [5.41, 5.74) is 6.43. The molecule has 2 fully saturated rings. The lowest BCUT2D eigenvalue weighted by molar-refractivity contribution is 0.0209. The molecule has 3 N–H and O–H groups in total. The number of rotatable bonds is 3. The smallest absolute Gasteiger partial charge is 0.173 e. The van der Waals surface area contributed by atoms with E-state index in [0.29, 0.717) is 11.6 Å². The molecule has 0 radical (unpaired) electrons. The maximum atomic E-state index is 8.91. The predicted molar refractivity (Wildman–Crippen MR) is 79.8 cm³/mol. The van der Waals surface area contributed by atoms with E-state index < -0.39 is 0 Å². The van der Waals surface area contributed by atoms with Crippen molar-refractivity contribution in [1.82, 2.24) is 9.88 Å². The number of pyridine rings is 1. The van der Waals surface area contributed by atoms with Crippen LogP contribution in [0.4, 0.5) is 5.82 Å². The second-order valence-corrected chi connectivity index (χ2v) is 5.40. The molecule has 0 aromatic carbocycles. The van der Waals surface area contributed by atoms with Gasteiger partial charge in [0.15, 0.2) is 5.84 Å². The molecule has 2 aliphatic rings. The number of aromatic nitrogens is 1. The number of morpholine rings is 1. The van der Waals surface area contributed by atoms with Gasteiger partial charge in [-0.1, -0.05) is 5.16 Å². The number of nitrogens with two attached hydrogens (primary N) is 1. The first-order valence-electron chi connectivity index (χ1n) is 7.29. The highest BCUT2D eigenvalue weighted by Crippen LogP contribution is 2.24. The molecule has 0 saturated carbocycles. The van der Waals surface area contributed by atoms with Gasteiger partial charge >= 0.3 is 0 Å². The van der Waals surface area contributed by atoms with E-state index in [1.54, 1.807) is 12.3 Å². The lowest BCUT2D eigenvalue weighted by atomic mass is 10.2. The highest BCUT2D eigenvalue weighted by molar-refractivity contribution is 6.01. The van der Waals surface area contributed by atoms with Crippen LogP contribution >= 0.6 is 0 Å². The van der Waals surface area contributed by atoms with E-state index in [1.165, 1.54) is 0 Å². The molecule has 7 heteroatoms. The zero-order valence-corrected chi connectivity index (χ0v) is 12.0. The van der Waals surface area contributed by atoms with Gasteiger partial charge in [-0.3, -0.25) is 4.90 Å². The number of ether oxygens (including phenoxy) is 1. The summed E-state index contributed by atoms with van der Waals surface area (Å²) >= 11 is 0. The molecule has 3 heterocycles. The Morgan fingerprint density at radius 2 is 2.19 bits per heavy atom. The molecule has 2 aliphatic heterocycles. The van der Waals surface area contributed by atoms with Crippen molar-refractivity contribution in [3.05, 3.63) is 23.9 Å². The minimum Gasteiger partial charge on any atom is -0.409 e. The lowest BCUT2D eigenvalue weighted by Crippen LogP contribution is -2.44. The zero-order valence-electron chi connectivity index (χ0n) is 12.0. The second-order valence-electron chi connectivity index (χ2n) is 5.40. The third kappa shape index (κ3) is 2.93. The van der Waals surface area contributed by atoms with Gasteiger partial charge < -0.3 is 20.6 Å². The molecule has 0 amide bonds. The molecule has 114 valence electrons. The first kappa shape index (κ1) is 14.1. The van der Waals surface area contributed by atoms with E-state index in [4.69, 9.17) is 15.7 Å². The zero-order chi connectivity index (χ0) is 14.7. The van der Waals surface area contributed by atoms with Crippen LogP contribution in [0.3, 0.4) is 0 Å². The van der Waals surface area contributed by atoms with Gasteiger partial charge in [0.05, 0.1) is 18.8 Å². The average molecular weight is 291 g/mol. The largest absolute Gasteiger partial charge is 0.409 e. The van der Waals surface area contributed by atoms with E-state index in [0.717, 1.165) is 51.6 Å². The number of nitrogens with zero attached hydrogens (tertiary/aromatic N) is 4. The summed E-state index contributed by atoms with van der Waals surface area (Å²) < 4.78 is 5.41. The van der Waals surface area contributed by atoms with E-state index in [1.807, 2.05) is 6.07 Å². The summed E-state index contributed by atoms with van der Waals surface area (Å²) in [6.45, 7) is 5.47. The van der Waals surface area contributed by atoms with Crippen molar-refractivity contribution in [2.75, 3.05) is 44.3 Å². The molecule has 2 saturated heterocycles. The van der Waals surface area contributed by atoms with Crippen LogP contribution in [0.5, 0.6) is 0 Å². The third-order valence-corrected chi connectivity index (χ3v) is 4.20. The van der Waals surface area contributed by atoms with Gasteiger partial charge in [0, 0.05) is 38.4 Å². The SMILES string of the molecule is NC(=NO)c1cccnc1N1CCC(N2CCOCC2)C1.